The van der Waals surface area contributed by atoms with Crippen LogP contribution in [0.5, 0.6) is 0 Å². The van der Waals surface area contributed by atoms with E-state index in [1.165, 1.54) is 22.3 Å². The molecule has 1 aromatic carbocycles. The Morgan fingerprint density at radius 1 is 1.21 bits per heavy atom. The second-order valence-corrected chi connectivity index (χ2v) is 10.4. The molecular formula is C19H22BrN3O3S2. The fraction of sp³-hybridized carbons (Fsp3) is 0.368. The molecule has 0 radical (unpaired) electrons. The van der Waals surface area contributed by atoms with Crippen molar-refractivity contribution in [2.24, 2.45) is 0 Å². The number of amides is 1. The minimum atomic E-state index is -3.46. The van der Waals surface area contributed by atoms with Crippen molar-refractivity contribution in [3.8, 4) is 0 Å². The van der Waals surface area contributed by atoms with Gasteiger partial charge >= 0.3 is 0 Å². The van der Waals surface area contributed by atoms with E-state index in [2.05, 4.69) is 20.9 Å². The van der Waals surface area contributed by atoms with Crippen LogP contribution in [0.1, 0.15) is 18.4 Å². The fourth-order valence-corrected chi connectivity index (χ4v) is 5.55. The first kappa shape index (κ1) is 21.3. The molecule has 150 valence electrons. The van der Waals surface area contributed by atoms with Gasteiger partial charge in [-0.15, -0.1) is 0 Å². The van der Waals surface area contributed by atoms with Crippen molar-refractivity contribution in [1.29, 1.82) is 0 Å². The molecule has 1 aliphatic heterocycles. The summed E-state index contributed by atoms with van der Waals surface area (Å²) in [6.07, 6.45) is 3.18. The Labute approximate surface area is 178 Å². The highest BCUT2D eigenvalue weighted by Gasteiger charge is 2.27. The van der Waals surface area contributed by atoms with E-state index >= 15 is 0 Å². The Balaban J connectivity index is 1.55. The molecule has 0 bridgehead atoms. The lowest BCUT2D eigenvalue weighted by molar-refractivity contribution is -0.127. The minimum Gasteiger partial charge on any atom is -0.341 e. The second kappa shape index (κ2) is 9.39. The van der Waals surface area contributed by atoms with Gasteiger partial charge in [0.1, 0.15) is 4.90 Å². The molecule has 9 heteroatoms. The molecule has 1 aliphatic rings. The molecule has 0 N–H and O–H groups in total. The van der Waals surface area contributed by atoms with E-state index in [0.29, 0.717) is 24.7 Å². The van der Waals surface area contributed by atoms with Crippen LogP contribution in [0.4, 0.5) is 0 Å². The van der Waals surface area contributed by atoms with E-state index in [1.807, 2.05) is 24.3 Å². The molecule has 1 saturated heterocycles. The third kappa shape index (κ3) is 5.14. The molecule has 3 rings (SSSR count). The molecule has 6 nitrogen and oxygen atoms in total. The second-order valence-electron chi connectivity index (χ2n) is 6.57. The molecule has 0 saturated carbocycles. The monoisotopic (exact) mass is 483 g/mol. The molecule has 1 fully saturated rings. The maximum absolute atomic E-state index is 12.5. The highest BCUT2D eigenvalue weighted by Crippen LogP contribution is 2.23. The average molecular weight is 484 g/mol. The van der Waals surface area contributed by atoms with Gasteiger partial charge in [0.25, 0.3) is 0 Å². The molecular weight excluding hydrogens is 462 g/mol. The minimum absolute atomic E-state index is 0.0173. The molecule has 0 atom stereocenters. The smallest absolute Gasteiger partial charge is 0.244 e. The number of hydrogen-bond acceptors (Lipinski definition) is 5. The maximum atomic E-state index is 12.5. The van der Waals surface area contributed by atoms with Gasteiger partial charge in [-0.1, -0.05) is 45.9 Å². The molecule has 0 aliphatic carbocycles. The Morgan fingerprint density at radius 3 is 2.57 bits per heavy atom. The van der Waals surface area contributed by atoms with Crippen LogP contribution < -0.4 is 0 Å². The molecule has 1 aromatic heterocycles. The quantitative estimate of drug-likeness (QED) is 0.564. The first-order chi connectivity index (χ1) is 13.4. The summed E-state index contributed by atoms with van der Waals surface area (Å²) in [6.45, 7) is 1.65. The standard InChI is InChI=1S/C19H22BrN3O3S2/c1-22(13-15-6-2-3-7-17(15)20)19(24)14-27-18-9-8-16(12-21-18)28(25,26)23-10-4-5-11-23/h2-3,6-9,12H,4-5,10-11,13-14H2,1H3. The van der Waals surface area contributed by atoms with E-state index < -0.39 is 10.0 Å². The first-order valence-electron chi connectivity index (χ1n) is 8.94. The maximum Gasteiger partial charge on any atom is 0.244 e. The Bertz CT molecular complexity index is 930. The van der Waals surface area contributed by atoms with Gasteiger partial charge in [-0.25, -0.2) is 13.4 Å². The van der Waals surface area contributed by atoms with Crippen molar-refractivity contribution in [1.82, 2.24) is 14.2 Å². The number of carbonyl (C=O) groups is 1. The third-order valence-electron chi connectivity index (χ3n) is 4.55. The van der Waals surface area contributed by atoms with Crippen molar-refractivity contribution in [2.75, 3.05) is 25.9 Å². The molecule has 0 unspecified atom stereocenters. The van der Waals surface area contributed by atoms with Crippen molar-refractivity contribution in [3.63, 3.8) is 0 Å². The Morgan fingerprint density at radius 2 is 1.93 bits per heavy atom. The summed E-state index contributed by atoms with van der Waals surface area (Å²) in [5.74, 6) is 0.225. The lowest BCUT2D eigenvalue weighted by atomic mass is 10.2. The van der Waals surface area contributed by atoms with E-state index in [9.17, 15) is 13.2 Å². The zero-order valence-electron chi connectivity index (χ0n) is 15.5. The van der Waals surface area contributed by atoms with Crippen LogP contribution in [0.2, 0.25) is 0 Å². The first-order valence-corrected chi connectivity index (χ1v) is 12.2. The topological polar surface area (TPSA) is 70.6 Å². The number of halogens is 1. The molecule has 28 heavy (non-hydrogen) atoms. The predicted octanol–water partition coefficient (Wildman–Crippen LogP) is 3.38. The number of rotatable bonds is 7. The summed E-state index contributed by atoms with van der Waals surface area (Å²) in [7, 11) is -1.69. The zero-order valence-corrected chi connectivity index (χ0v) is 18.8. The predicted molar refractivity (Wildman–Crippen MR) is 114 cm³/mol. The van der Waals surface area contributed by atoms with Crippen molar-refractivity contribution < 1.29 is 13.2 Å². The van der Waals surface area contributed by atoms with Crippen LogP contribution in [0.25, 0.3) is 0 Å². The van der Waals surface area contributed by atoms with E-state index in [-0.39, 0.29) is 16.6 Å². The highest BCUT2D eigenvalue weighted by atomic mass is 79.9. The summed E-state index contributed by atoms with van der Waals surface area (Å²) in [4.78, 5) is 18.5. The number of thioether (sulfide) groups is 1. The largest absolute Gasteiger partial charge is 0.341 e. The van der Waals surface area contributed by atoms with Crippen LogP contribution in [0.15, 0.2) is 57.0 Å². The number of nitrogens with zero attached hydrogens (tertiary/aromatic N) is 3. The lowest BCUT2D eigenvalue weighted by Gasteiger charge is -2.18. The van der Waals surface area contributed by atoms with Crippen molar-refractivity contribution in [2.45, 2.75) is 29.3 Å². The summed E-state index contributed by atoms with van der Waals surface area (Å²) < 4.78 is 27.5. The average Bonchev–Trinajstić information content (AvgIpc) is 3.24. The Hall–Kier alpha value is -1.42. The van der Waals surface area contributed by atoms with Gasteiger partial charge in [-0.2, -0.15) is 4.31 Å². The molecule has 1 amide bonds. The van der Waals surface area contributed by atoms with Crippen LogP contribution in [0.3, 0.4) is 0 Å². The lowest BCUT2D eigenvalue weighted by Crippen LogP contribution is -2.28. The number of aromatic nitrogens is 1. The SMILES string of the molecule is CN(Cc1ccccc1Br)C(=O)CSc1ccc(S(=O)(=O)N2CCCC2)cn1. The summed E-state index contributed by atoms with van der Waals surface area (Å²) in [6, 6.07) is 11.0. The van der Waals surface area contributed by atoms with Gasteiger partial charge < -0.3 is 4.90 Å². The van der Waals surface area contributed by atoms with E-state index in [0.717, 1.165) is 22.9 Å². The third-order valence-corrected chi connectivity index (χ3v) is 8.13. The van der Waals surface area contributed by atoms with Crippen LogP contribution in [-0.2, 0) is 21.4 Å². The van der Waals surface area contributed by atoms with Crippen molar-refractivity contribution >= 4 is 43.6 Å². The molecule has 2 heterocycles. The normalized spacial score (nSPS) is 14.9. The number of carbonyl (C=O) groups excluding carboxylic acids is 1. The number of sulfonamides is 1. The molecule has 2 aromatic rings. The summed E-state index contributed by atoms with van der Waals surface area (Å²) in [5.41, 5.74) is 1.04. The summed E-state index contributed by atoms with van der Waals surface area (Å²) in [5, 5.41) is 0.628. The van der Waals surface area contributed by atoms with E-state index in [4.69, 9.17) is 0 Å². The highest BCUT2D eigenvalue weighted by molar-refractivity contribution is 9.10. The number of benzene rings is 1. The van der Waals surface area contributed by atoms with Crippen molar-refractivity contribution in [3.05, 3.63) is 52.6 Å². The van der Waals surface area contributed by atoms with Crippen LogP contribution >= 0.6 is 27.7 Å². The van der Waals surface area contributed by atoms with Gasteiger partial charge in [0.2, 0.25) is 15.9 Å². The van der Waals surface area contributed by atoms with Gasteiger partial charge in [0, 0.05) is 37.4 Å². The van der Waals surface area contributed by atoms with Crippen LogP contribution in [-0.4, -0.2) is 54.4 Å². The Kier molecular flexibility index (Phi) is 7.14. The number of pyridine rings is 1. The zero-order chi connectivity index (χ0) is 20.1. The molecule has 0 spiro atoms. The van der Waals surface area contributed by atoms with Gasteiger partial charge in [-0.3, -0.25) is 4.79 Å². The fourth-order valence-electron chi connectivity index (χ4n) is 2.90. The number of hydrogen-bond donors (Lipinski definition) is 0. The van der Waals surface area contributed by atoms with Gasteiger partial charge in [0.15, 0.2) is 0 Å². The van der Waals surface area contributed by atoms with Gasteiger partial charge in [-0.05, 0) is 36.6 Å². The van der Waals surface area contributed by atoms with E-state index in [1.54, 1.807) is 24.1 Å². The van der Waals surface area contributed by atoms with Crippen LogP contribution in [0, 0.1) is 0 Å². The van der Waals surface area contributed by atoms with Gasteiger partial charge in [0.05, 0.1) is 10.8 Å². The summed E-state index contributed by atoms with van der Waals surface area (Å²) >= 11 is 4.79.